The summed E-state index contributed by atoms with van der Waals surface area (Å²) in [6.45, 7) is 7.04. The van der Waals surface area contributed by atoms with Crippen molar-refractivity contribution in [3.05, 3.63) is 70.9 Å². The molecule has 6 heteroatoms. The molecule has 3 rings (SSSR count). The lowest BCUT2D eigenvalue weighted by atomic mass is 10.1. The van der Waals surface area contributed by atoms with Gasteiger partial charge in [0, 0.05) is 25.6 Å². The lowest BCUT2D eigenvalue weighted by Crippen LogP contribution is -2.27. The number of amides is 1. The number of aryl methyl sites for hydroxylation is 3. The van der Waals surface area contributed by atoms with E-state index in [0.717, 1.165) is 28.3 Å². The molecule has 0 aliphatic rings. The molecule has 0 fully saturated rings. The van der Waals surface area contributed by atoms with E-state index in [4.69, 9.17) is 14.6 Å². The highest BCUT2D eigenvalue weighted by Gasteiger charge is 2.20. The maximum absolute atomic E-state index is 12.2. The van der Waals surface area contributed by atoms with Crippen LogP contribution in [0, 0.1) is 20.8 Å². The zero-order chi connectivity index (χ0) is 21.5. The number of hydrogen-bond donors (Lipinski definition) is 1. The van der Waals surface area contributed by atoms with Gasteiger partial charge in [0.2, 0.25) is 11.8 Å². The van der Waals surface area contributed by atoms with E-state index >= 15 is 0 Å². The van der Waals surface area contributed by atoms with Gasteiger partial charge in [0.05, 0.1) is 18.0 Å². The first-order valence-corrected chi connectivity index (χ1v) is 10.1. The van der Waals surface area contributed by atoms with Crippen molar-refractivity contribution >= 4 is 5.91 Å². The molecular formula is C24H29N3O3. The summed E-state index contributed by atoms with van der Waals surface area (Å²) < 4.78 is 13.1. The van der Waals surface area contributed by atoms with Crippen molar-refractivity contribution in [3.8, 4) is 17.3 Å². The molecule has 0 radical (unpaired) electrons. The fourth-order valence-electron chi connectivity index (χ4n) is 3.23. The van der Waals surface area contributed by atoms with Crippen LogP contribution in [0.5, 0.6) is 11.6 Å². The minimum atomic E-state index is -0.0172. The van der Waals surface area contributed by atoms with E-state index in [1.54, 1.807) is 7.11 Å². The molecule has 30 heavy (non-hydrogen) atoms. The Morgan fingerprint density at radius 3 is 2.50 bits per heavy atom. The smallest absolute Gasteiger partial charge is 0.226 e. The molecule has 1 aromatic heterocycles. The van der Waals surface area contributed by atoms with E-state index in [-0.39, 0.29) is 5.91 Å². The van der Waals surface area contributed by atoms with Gasteiger partial charge in [-0.2, -0.15) is 9.78 Å². The average molecular weight is 408 g/mol. The Labute approximate surface area is 177 Å². The van der Waals surface area contributed by atoms with Crippen molar-refractivity contribution in [3.63, 3.8) is 0 Å². The summed E-state index contributed by atoms with van der Waals surface area (Å²) in [5, 5.41) is 7.61. The molecule has 0 aliphatic heterocycles. The quantitative estimate of drug-likeness (QED) is 0.538. The second-order valence-electron chi connectivity index (χ2n) is 7.33. The first-order chi connectivity index (χ1) is 14.5. The van der Waals surface area contributed by atoms with E-state index in [9.17, 15) is 4.79 Å². The van der Waals surface area contributed by atoms with Crippen LogP contribution in [0.4, 0.5) is 0 Å². The number of aromatic nitrogens is 2. The van der Waals surface area contributed by atoms with Crippen LogP contribution in [0.15, 0.2) is 48.5 Å². The minimum Gasteiger partial charge on any atom is -0.439 e. The van der Waals surface area contributed by atoms with Crippen LogP contribution < -0.4 is 10.1 Å². The maximum Gasteiger partial charge on any atom is 0.226 e. The third kappa shape index (κ3) is 5.27. The second kappa shape index (κ2) is 10.1. The SMILES string of the molecule is COCCNC(=O)CCc1c(C)nn(-c2ccccc2C)c1Oc1ccc(C)cc1. The topological polar surface area (TPSA) is 65.4 Å². The van der Waals surface area contributed by atoms with Gasteiger partial charge >= 0.3 is 0 Å². The Kier molecular flexibility index (Phi) is 7.25. The Bertz CT molecular complexity index is 993. The van der Waals surface area contributed by atoms with Crippen molar-refractivity contribution in [1.82, 2.24) is 15.1 Å². The monoisotopic (exact) mass is 407 g/mol. The summed E-state index contributed by atoms with van der Waals surface area (Å²) in [5.41, 5.74) is 5.00. The normalized spacial score (nSPS) is 10.8. The van der Waals surface area contributed by atoms with Crippen LogP contribution in [0.2, 0.25) is 0 Å². The maximum atomic E-state index is 12.2. The van der Waals surface area contributed by atoms with Crippen molar-refractivity contribution in [2.45, 2.75) is 33.6 Å². The fraction of sp³-hybridized carbons (Fsp3) is 0.333. The van der Waals surface area contributed by atoms with E-state index < -0.39 is 0 Å². The van der Waals surface area contributed by atoms with Crippen LogP contribution in [0.3, 0.4) is 0 Å². The molecule has 0 saturated heterocycles. The van der Waals surface area contributed by atoms with Gasteiger partial charge in [0.1, 0.15) is 5.75 Å². The molecule has 0 spiro atoms. The van der Waals surface area contributed by atoms with E-state index in [2.05, 4.69) is 5.32 Å². The summed E-state index contributed by atoms with van der Waals surface area (Å²) in [6.07, 6.45) is 0.895. The van der Waals surface area contributed by atoms with Gasteiger partial charge in [-0.3, -0.25) is 4.79 Å². The van der Waals surface area contributed by atoms with Crippen molar-refractivity contribution in [2.75, 3.05) is 20.3 Å². The summed E-state index contributed by atoms with van der Waals surface area (Å²) in [7, 11) is 1.62. The number of methoxy groups -OCH3 is 1. The Hall–Kier alpha value is -3.12. The molecule has 0 saturated carbocycles. The van der Waals surface area contributed by atoms with Gasteiger partial charge in [0.15, 0.2) is 0 Å². The van der Waals surface area contributed by atoms with Gasteiger partial charge in [-0.15, -0.1) is 0 Å². The molecule has 6 nitrogen and oxygen atoms in total. The molecule has 158 valence electrons. The first kappa shape index (κ1) is 21.6. The third-order valence-corrected chi connectivity index (χ3v) is 4.95. The van der Waals surface area contributed by atoms with Gasteiger partial charge in [-0.25, -0.2) is 0 Å². The molecule has 0 bridgehead atoms. The molecule has 2 aromatic carbocycles. The highest BCUT2D eigenvalue weighted by atomic mass is 16.5. The number of para-hydroxylation sites is 1. The number of benzene rings is 2. The standard InChI is InChI=1S/C24H29N3O3/c1-17-9-11-20(12-10-17)30-24-21(13-14-23(28)25-15-16-29-4)19(3)26-27(24)22-8-6-5-7-18(22)2/h5-12H,13-16H2,1-4H3,(H,25,28). The lowest BCUT2D eigenvalue weighted by molar-refractivity contribution is -0.121. The van der Waals surface area contributed by atoms with Crippen LogP contribution in [0.1, 0.15) is 28.8 Å². The molecule has 0 atom stereocenters. The third-order valence-electron chi connectivity index (χ3n) is 4.95. The summed E-state index contributed by atoms with van der Waals surface area (Å²) in [4.78, 5) is 12.2. The number of carbonyl (C=O) groups excluding carboxylic acids is 1. The van der Waals surface area contributed by atoms with Crippen molar-refractivity contribution in [1.29, 1.82) is 0 Å². The van der Waals surface area contributed by atoms with Crippen LogP contribution in [-0.4, -0.2) is 35.9 Å². The Morgan fingerprint density at radius 1 is 1.07 bits per heavy atom. The molecular weight excluding hydrogens is 378 g/mol. The fourth-order valence-corrected chi connectivity index (χ4v) is 3.23. The average Bonchev–Trinajstić information content (AvgIpc) is 3.03. The number of rotatable bonds is 9. The highest BCUT2D eigenvalue weighted by molar-refractivity contribution is 5.76. The number of hydrogen-bond acceptors (Lipinski definition) is 4. The van der Waals surface area contributed by atoms with Gasteiger partial charge in [0.25, 0.3) is 0 Å². The van der Waals surface area contributed by atoms with Crippen LogP contribution >= 0.6 is 0 Å². The predicted octanol–water partition coefficient (Wildman–Crippen LogP) is 4.29. The molecule has 1 N–H and O–H groups in total. The van der Waals surface area contributed by atoms with Crippen LogP contribution in [0.25, 0.3) is 5.69 Å². The van der Waals surface area contributed by atoms with Gasteiger partial charge in [-0.1, -0.05) is 35.9 Å². The molecule has 1 heterocycles. The molecule has 3 aromatic rings. The predicted molar refractivity (Wildman–Crippen MR) is 117 cm³/mol. The van der Waals surface area contributed by atoms with E-state index in [1.807, 2.05) is 74.0 Å². The zero-order valence-electron chi connectivity index (χ0n) is 18.1. The highest BCUT2D eigenvalue weighted by Crippen LogP contribution is 2.32. The van der Waals surface area contributed by atoms with E-state index in [0.29, 0.717) is 31.9 Å². The minimum absolute atomic E-state index is 0.0172. The number of nitrogens with one attached hydrogen (secondary N) is 1. The zero-order valence-corrected chi connectivity index (χ0v) is 18.1. The van der Waals surface area contributed by atoms with Gasteiger partial charge in [-0.05, 0) is 51.0 Å². The second-order valence-corrected chi connectivity index (χ2v) is 7.33. The molecule has 0 unspecified atom stereocenters. The Balaban J connectivity index is 1.91. The lowest BCUT2D eigenvalue weighted by Gasteiger charge is -2.13. The summed E-state index contributed by atoms with van der Waals surface area (Å²) >= 11 is 0. The summed E-state index contributed by atoms with van der Waals surface area (Å²) in [6, 6.07) is 16.0. The van der Waals surface area contributed by atoms with Crippen molar-refractivity contribution < 1.29 is 14.3 Å². The van der Waals surface area contributed by atoms with Crippen LogP contribution in [-0.2, 0) is 16.0 Å². The number of ether oxygens (including phenoxy) is 2. The molecule has 1 amide bonds. The molecule has 0 aliphatic carbocycles. The van der Waals surface area contributed by atoms with Gasteiger partial charge < -0.3 is 14.8 Å². The number of carbonyl (C=O) groups is 1. The number of nitrogens with zero attached hydrogens (tertiary/aromatic N) is 2. The van der Waals surface area contributed by atoms with Crippen molar-refractivity contribution in [2.24, 2.45) is 0 Å². The van der Waals surface area contributed by atoms with E-state index in [1.165, 1.54) is 5.56 Å². The first-order valence-electron chi connectivity index (χ1n) is 10.1. The Morgan fingerprint density at radius 2 is 1.80 bits per heavy atom. The summed E-state index contributed by atoms with van der Waals surface area (Å²) in [5.74, 6) is 1.37. The largest absolute Gasteiger partial charge is 0.439 e.